The first-order valence-corrected chi connectivity index (χ1v) is 7.38. The Kier molecular flexibility index (Phi) is 4.74. The molecule has 0 unspecified atom stereocenters. The van der Waals surface area contributed by atoms with Crippen molar-refractivity contribution in [3.63, 3.8) is 0 Å². The molecule has 132 valence electrons. The predicted molar refractivity (Wildman–Crippen MR) is 90.1 cm³/mol. The summed E-state index contributed by atoms with van der Waals surface area (Å²) < 4.78 is 5.42. The Morgan fingerprint density at radius 2 is 1.81 bits per heavy atom. The molecule has 0 aliphatic rings. The van der Waals surface area contributed by atoms with Gasteiger partial charge in [0.25, 0.3) is 11.5 Å². The lowest BCUT2D eigenvalue weighted by molar-refractivity contribution is 0.102. The first-order chi connectivity index (χ1) is 12.5. The number of hydrogen-bond donors (Lipinski definition) is 4. The van der Waals surface area contributed by atoms with Crippen LogP contribution in [0.1, 0.15) is 15.9 Å². The van der Waals surface area contributed by atoms with Crippen LogP contribution in [-0.2, 0) is 6.61 Å². The van der Waals surface area contributed by atoms with Gasteiger partial charge in [0.15, 0.2) is 5.56 Å². The molecule has 2 heterocycles. The lowest BCUT2D eigenvalue weighted by Gasteiger charge is -2.07. The second kappa shape index (κ2) is 7.30. The van der Waals surface area contributed by atoms with E-state index in [4.69, 9.17) is 4.74 Å². The van der Waals surface area contributed by atoms with Gasteiger partial charge in [-0.05, 0) is 5.56 Å². The van der Waals surface area contributed by atoms with E-state index in [0.717, 1.165) is 5.56 Å². The molecule has 10 nitrogen and oxygen atoms in total. The van der Waals surface area contributed by atoms with Crippen molar-refractivity contribution in [2.24, 2.45) is 0 Å². The number of anilines is 1. The maximum absolute atomic E-state index is 12.1. The number of amides is 1. The molecular weight excluding hydrogens is 342 g/mol. The number of H-pyrrole nitrogens is 2. The van der Waals surface area contributed by atoms with E-state index in [9.17, 15) is 19.5 Å². The maximum Gasteiger partial charge on any atom is 0.328 e. The fourth-order valence-electron chi connectivity index (χ4n) is 2.06. The molecule has 0 radical (unpaired) electrons. The summed E-state index contributed by atoms with van der Waals surface area (Å²) in [7, 11) is 0. The third-order valence-electron chi connectivity index (χ3n) is 3.25. The van der Waals surface area contributed by atoms with Crippen LogP contribution in [0, 0.1) is 0 Å². The summed E-state index contributed by atoms with van der Waals surface area (Å²) in [6.45, 7) is 0.285. The van der Waals surface area contributed by atoms with Crippen LogP contribution in [0.3, 0.4) is 0 Å². The lowest BCUT2D eigenvalue weighted by Crippen LogP contribution is -2.30. The minimum Gasteiger partial charge on any atom is -0.494 e. The molecule has 4 N–H and O–H groups in total. The molecule has 10 heteroatoms. The Bertz CT molecular complexity index is 1030. The van der Waals surface area contributed by atoms with Gasteiger partial charge >= 0.3 is 11.7 Å². The standard InChI is InChI=1S/C16H13N5O5/c22-12(11-13(23)20-15(25)21-14(11)24)19-10-6-17-16(18-7-10)26-8-9-4-2-1-3-5-9/h1-7H,8H2,(H,19,22)(H3,20,21,23,24,25). The van der Waals surface area contributed by atoms with E-state index in [0.29, 0.717) is 0 Å². The first-order valence-electron chi connectivity index (χ1n) is 7.38. The zero-order valence-corrected chi connectivity index (χ0v) is 13.2. The van der Waals surface area contributed by atoms with Crippen LogP contribution in [0.2, 0.25) is 0 Å². The highest BCUT2D eigenvalue weighted by Crippen LogP contribution is 2.12. The fraction of sp³-hybridized carbons (Fsp3) is 0.0625. The summed E-state index contributed by atoms with van der Waals surface area (Å²) in [4.78, 5) is 46.3. The zero-order valence-electron chi connectivity index (χ0n) is 13.2. The molecule has 2 aromatic heterocycles. The van der Waals surface area contributed by atoms with Gasteiger partial charge in [0, 0.05) is 0 Å². The molecule has 3 aromatic rings. The second-order valence-electron chi connectivity index (χ2n) is 5.11. The predicted octanol–water partition coefficient (Wildman–Crippen LogP) is 0.390. The molecule has 0 fully saturated rings. The van der Waals surface area contributed by atoms with Crippen molar-refractivity contribution in [3.05, 3.63) is 74.7 Å². The van der Waals surface area contributed by atoms with Crippen LogP contribution in [0.4, 0.5) is 5.69 Å². The van der Waals surface area contributed by atoms with Crippen LogP contribution >= 0.6 is 0 Å². The van der Waals surface area contributed by atoms with E-state index in [1.54, 1.807) is 0 Å². The number of hydrogen-bond acceptors (Lipinski definition) is 7. The molecule has 0 aliphatic carbocycles. The number of ether oxygens (including phenoxy) is 1. The fourth-order valence-corrected chi connectivity index (χ4v) is 2.06. The molecule has 0 atom stereocenters. The van der Waals surface area contributed by atoms with Gasteiger partial charge in [-0.3, -0.25) is 19.6 Å². The summed E-state index contributed by atoms with van der Waals surface area (Å²) >= 11 is 0. The highest BCUT2D eigenvalue weighted by molar-refractivity contribution is 6.05. The monoisotopic (exact) mass is 355 g/mol. The van der Waals surface area contributed by atoms with Crippen molar-refractivity contribution in [1.29, 1.82) is 0 Å². The number of aromatic amines is 2. The third-order valence-corrected chi connectivity index (χ3v) is 3.25. The summed E-state index contributed by atoms with van der Waals surface area (Å²) in [5, 5.41) is 11.9. The average molecular weight is 355 g/mol. The van der Waals surface area contributed by atoms with Gasteiger partial charge in [-0.25, -0.2) is 14.8 Å². The van der Waals surface area contributed by atoms with Gasteiger partial charge in [-0.15, -0.1) is 0 Å². The SMILES string of the molecule is O=C(Nc1cnc(OCc2ccccc2)nc1)c1c(O)[nH]c(=O)[nH]c1=O. The van der Waals surface area contributed by atoms with Gasteiger partial charge in [0.05, 0.1) is 18.1 Å². The molecule has 0 spiro atoms. The van der Waals surface area contributed by atoms with Gasteiger partial charge in [-0.1, -0.05) is 30.3 Å². The van der Waals surface area contributed by atoms with Crippen LogP contribution in [-0.4, -0.2) is 30.9 Å². The minimum atomic E-state index is -1.02. The Hall–Kier alpha value is -3.95. The molecule has 0 saturated carbocycles. The molecule has 26 heavy (non-hydrogen) atoms. The van der Waals surface area contributed by atoms with E-state index in [-0.39, 0.29) is 18.3 Å². The van der Waals surface area contributed by atoms with Gasteiger partial charge in [0.1, 0.15) is 6.61 Å². The van der Waals surface area contributed by atoms with E-state index in [2.05, 4.69) is 15.3 Å². The van der Waals surface area contributed by atoms with E-state index < -0.39 is 28.6 Å². The number of benzene rings is 1. The van der Waals surface area contributed by atoms with E-state index in [1.165, 1.54) is 12.4 Å². The van der Waals surface area contributed by atoms with Crippen molar-refractivity contribution in [1.82, 2.24) is 19.9 Å². The summed E-state index contributed by atoms with van der Waals surface area (Å²) in [6.07, 6.45) is 2.56. The van der Waals surface area contributed by atoms with Crippen LogP contribution in [0.5, 0.6) is 11.9 Å². The number of nitrogens with one attached hydrogen (secondary N) is 3. The van der Waals surface area contributed by atoms with Gasteiger partial charge in [-0.2, -0.15) is 0 Å². The smallest absolute Gasteiger partial charge is 0.328 e. The lowest BCUT2D eigenvalue weighted by atomic mass is 10.2. The van der Waals surface area contributed by atoms with E-state index in [1.807, 2.05) is 40.3 Å². The Labute approximate surface area is 145 Å². The van der Waals surface area contributed by atoms with E-state index >= 15 is 0 Å². The van der Waals surface area contributed by atoms with Crippen molar-refractivity contribution in [2.75, 3.05) is 5.32 Å². The molecule has 3 rings (SSSR count). The van der Waals surface area contributed by atoms with Crippen molar-refractivity contribution < 1.29 is 14.6 Å². The highest BCUT2D eigenvalue weighted by atomic mass is 16.5. The number of aromatic hydroxyl groups is 1. The maximum atomic E-state index is 12.1. The molecule has 0 bridgehead atoms. The number of carbonyl (C=O) groups is 1. The average Bonchev–Trinajstić information content (AvgIpc) is 2.61. The number of nitrogens with zero attached hydrogens (tertiary/aromatic N) is 2. The van der Waals surface area contributed by atoms with Crippen molar-refractivity contribution >= 4 is 11.6 Å². The number of carbonyl (C=O) groups excluding carboxylic acids is 1. The quantitative estimate of drug-likeness (QED) is 0.517. The number of rotatable bonds is 5. The van der Waals surface area contributed by atoms with Crippen LogP contribution in [0.15, 0.2) is 52.3 Å². The summed E-state index contributed by atoms with van der Waals surface area (Å²) in [5.74, 6) is -1.76. The second-order valence-corrected chi connectivity index (χ2v) is 5.11. The molecule has 0 aliphatic heterocycles. The zero-order chi connectivity index (χ0) is 18.5. The Morgan fingerprint density at radius 3 is 2.46 bits per heavy atom. The normalized spacial score (nSPS) is 10.3. The highest BCUT2D eigenvalue weighted by Gasteiger charge is 2.18. The molecular formula is C16H13N5O5. The van der Waals surface area contributed by atoms with Crippen LogP contribution in [0.25, 0.3) is 0 Å². The molecule has 0 saturated heterocycles. The largest absolute Gasteiger partial charge is 0.494 e. The summed E-state index contributed by atoms with van der Waals surface area (Å²) in [6, 6.07) is 9.54. The van der Waals surface area contributed by atoms with Gasteiger partial charge < -0.3 is 15.2 Å². The number of aromatic nitrogens is 4. The van der Waals surface area contributed by atoms with Crippen molar-refractivity contribution in [2.45, 2.75) is 6.61 Å². The molecule has 1 amide bonds. The van der Waals surface area contributed by atoms with Crippen LogP contribution < -0.4 is 21.3 Å². The first kappa shape index (κ1) is 16.9. The topological polar surface area (TPSA) is 150 Å². The minimum absolute atomic E-state index is 0.108. The summed E-state index contributed by atoms with van der Waals surface area (Å²) in [5.41, 5.74) is -1.46. The van der Waals surface area contributed by atoms with Gasteiger partial charge in [0.2, 0.25) is 5.88 Å². The Balaban J connectivity index is 1.67. The Morgan fingerprint density at radius 1 is 1.12 bits per heavy atom. The molecule has 1 aromatic carbocycles. The van der Waals surface area contributed by atoms with Crippen molar-refractivity contribution in [3.8, 4) is 11.9 Å². The third kappa shape index (κ3) is 3.93.